The molecule has 0 fully saturated rings. The predicted octanol–water partition coefficient (Wildman–Crippen LogP) is 1.53. The standard InChI is InChI=1S/C13H17N5O/c1-3-9-5-4-6-15-12(9)13-16-10(8-19-2)7-11(17-13)18-14/h4-7H,3,8,14H2,1-2H3,(H,16,17,18). The Kier molecular flexibility index (Phi) is 4.38. The van der Waals surface area contributed by atoms with Crippen LogP contribution in [0.3, 0.4) is 0 Å². The number of pyridine rings is 1. The van der Waals surface area contributed by atoms with E-state index in [0.717, 1.165) is 23.4 Å². The lowest BCUT2D eigenvalue weighted by atomic mass is 10.1. The minimum atomic E-state index is 0.401. The summed E-state index contributed by atoms with van der Waals surface area (Å²) in [6, 6.07) is 5.68. The van der Waals surface area contributed by atoms with Crippen LogP contribution in [0.2, 0.25) is 0 Å². The molecule has 2 aromatic rings. The van der Waals surface area contributed by atoms with Gasteiger partial charge in [0.2, 0.25) is 0 Å². The van der Waals surface area contributed by atoms with E-state index in [1.807, 2.05) is 12.1 Å². The molecule has 0 radical (unpaired) electrons. The first-order valence-corrected chi connectivity index (χ1v) is 6.06. The van der Waals surface area contributed by atoms with Crippen molar-refractivity contribution < 1.29 is 4.74 Å². The van der Waals surface area contributed by atoms with E-state index in [1.54, 1.807) is 19.4 Å². The molecular formula is C13H17N5O. The maximum Gasteiger partial charge on any atom is 0.180 e. The molecule has 0 saturated heterocycles. The van der Waals surface area contributed by atoms with Gasteiger partial charge in [-0.25, -0.2) is 15.8 Å². The quantitative estimate of drug-likeness (QED) is 0.625. The molecule has 0 atom stereocenters. The molecule has 0 saturated carbocycles. The highest BCUT2D eigenvalue weighted by Crippen LogP contribution is 2.20. The fraction of sp³-hybridized carbons (Fsp3) is 0.308. The summed E-state index contributed by atoms with van der Waals surface area (Å²) in [4.78, 5) is 13.2. The van der Waals surface area contributed by atoms with Crippen molar-refractivity contribution in [2.75, 3.05) is 12.5 Å². The monoisotopic (exact) mass is 259 g/mol. The summed E-state index contributed by atoms with van der Waals surface area (Å²) in [6.07, 6.45) is 2.60. The van der Waals surface area contributed by atoms with Gasteiger partial charge in [0.25, 0.3) is 0 Å². The maximum atomic E-state index is 5.43. The molecule has 3 N–H and O–H groups in total. The zero-order chi connectivity index (χ0) is 13.7. The predicted molar refractivity (Wildman–Crippen MR) is 73.2 cm³/mol. The van der Waals surface area contributed by atoms with Gasteiger partial charge < -0.3 is 10.2 Å². The second-order valence-corrected chi connectivity index (χ2v) is 4.01. The number of hydrogen-bond donors (Lipinski definition) is 2. The largest absolute Gasteiger partial charge is 0.378 e. The van der Waals surface area contributed by atoms with Crippen LogP contribution in [0.4, 0.5) is 5.82 Å². The zero-order valence-electron chi connectivity index (χ0n) is 11.1. The van der Waals surface area contributed by atoms with E-state index < -0.39 is 0 Å². The van der Waals surface area contributed by atoms with E-state index >= 15 is 0 Å². The first-order valence-electron chi connectivity index (χ1n) is 6.06. The number of methoxy groups -OCH3 is 1. The van der Waals surface area contributed by atoms with Crippen molar-refractivity contribution in [1.29, 1.82) is 0 Å². The fourth-order valence-electron chi connectivity index (χ4n) is 1.82. The van der Waals surface area contributed by atoms with Gasteiger partial charge in [0.1, 0.15) is 11.5 Å². The minimum absolute atomic E-state index is 0.401. The average Bonchev–Trinajstić information content (AvgIpc) is 2.47. The number of nitrogens with zero attached hydrogens (tertiary/aromatic N) is 3. The smallest absolute Gasteiger partial charge is 0.180 e. The van der Waals surface area contributed by atoms with E-state index in [0.29, 0.717) is 18.2 Å². The Labute approximate surface area is 112 Å². The Hall–Kier alpha value is -2.05. The summed E-state index contributed by atoms with van der Waals surface area (Å²) in [5, 5.41) is 0. The third kappa shape index (κ3) is 3.04. The number of hydrazine groups is 1. The van der Waals surface area contributed by atoms with Gasteiger partial charge >= 0.3 is 0 Å². The van der Waals surface area contributed by atoms with E-state index in [2.05, 4.69) is 27.3 Å². The molecule has 0 bridgehead atoms. The van der Waals surface area contributed by atoms with Crippen LogP contribution in [0.5, 0.6) is 0 Å². The Balaban J connectivity index is 2.51. The Morgan fingerprint density at radius 1 is 1.37 bits per heavy atom. The maximum absolute atomic E-state index is 5.43. The lowest BCUT2D eigenvalue weighted by Crippen LogP contribution is -2.11. The molecule has 0 unspecified atom stereocenters. The number of nitrogens with one attached hydrogen (secondary N) is 1. The van der Waals surface area contributed by atoms with Gasteiger partial charge in [-0.3, -0.25) is 4.98 Å². The molecule has 0 aliphatic carbocycles. The summed E-state index contributed by atoms with van der Waals surface area (Å²) in [5.41, 5.74) is 5.17. The third-order valence-corrected chi connectivity index (χ3v) is 2.70. The second-order valence-electron chi connectivity index (χ2n) is 4.01. The molecule has 2 heterocycles. The van der Waals surface area contributed by atoms with Crippen LogP contribution in [0.25, 0.3) is 11.5 Å². The minimum Gasteiger partial charge on any atom is -0.378 e. The molecule has 0 aliphatic heterocycles. The van der Waals surface area contributed by atoms with E-state index in [4.69, 9.17) is 10.6 Å². The summed E-state index contributed by atoms with van der Waals surface area (Å²) in [6.45, 7) is 2.47. The highest BCUT2D eigenvalue weighted by molar-refractivity contribution is 5.57. The van der Waals surface area contributed by atoms with Crippen LogP contribution in [-0.4, -0.2) is 22.1 Å². The number of nitrogen functional groups attached to an aromatic ring is 1. The molecule has 0 spiro atoms. The molecule has 2 aromatic heterocycles. The summed E-state index contributed by atoms with van der Waals surface area (Å²) >= 11 is 0. The van der Waals surface area contributed by atoms with Crippen LogP contribution < -0.4 is 11.3 Å². The van der Waals surface area contributed by atoms with E-state index in [-0.39, 0.29) is 0 Å². The Morgan fingerprint density at radius 2 is 2.21 bits per heavy atom. The zero-order valence-corrected chi connectivity index (χ0v) is 11.1. The number of aryl methyl sites for hydroxylation is 1. The van der Waals surface area contributed by atoms with Gasteiger partial charge in [0.05, 0.1) is 12.3 Å². The highest BCUT2D eigenvalue weighted by Gasteiger charge is 2.11. The van der Waals surface area contributed by atoms with Crippen molar-refractivity contribution >= 4 is 5.82 Å². The molecule has 2 rings (SSSR count). The van der Waals surface area contributed by atoms with Crippen LogP contribution in [0.15, 0.2) is 24.4 Å². The summed E-state index contributed by atoms with van der Waals surface area (Å²) in [5.74, 6) is 6.53. The van der Waals surface area contributed by atoms with Gasteiger partial charge in [-0.05, 0) is 18.1 Å². The van der Waals surface area contributed by atoms with Crippen molar-refractivity contribution in [3.63, 3.8) is 0 Å². The van der Waals surface area contributed by atoms with Gasteiger partial charge in [0.15, 0.2) is 5.82 Å². The van der Waals surface area contributed by atoms with Gasteiger partial charge in [-0.15, -0.1) is 0 Å². The lowest BCUT2D eigenvalue weighted by Gasteiger charge is -2.09. The topological polar surface area (TPSA) is 86.0 Å². The molecule has 100 valence electrons. The van der Waals surface area contributed by atoms with Crippen LogP contribution in [-0.2, 0) is 17.8 Å². The van der Waals surface area contributed by atoms with Crippen molar-refractivity contribution in [1.82, 2.24) is 15.0 Å². The number of ether oxygens (including phenoxy) is 1. The average molecular weight is 259 g/mol. The number of aromatic nitrogens is 3. The van der Waals surface area contributed by atoms with Crippen LogP contribution in [0.1, 0.15) is 18.2 Å². The summed E-state index contributed by atoms with van der Waals surface area (Å²) < 4.78 is 5.10. The number of hydrogen-bond acceptors (Lipinski definition) is 6. The number of nitrogens with two attached hydrogens (primary N) is 1. The third-order valence-electron chi connectivity index (χ3n) is 2.70. The number of rotatable bonds is 5. The second kappa shape index (κ2) is 6.21. The Morgan fingerprint density at radius 3 is 2.89 bits per heavy atom. The van der Waals surface area contributed by atoms with Gasteiger partial charge in [-0.1, -0.05) is 13.0 Å². The van der Waals surface area contributed by atoms with E-state index in [9.17, 15) is 0 Å². The normalized spacial score (nSPS) is 10.5. The van der Waals surface area contributed by atoms with Crippen LogP contribution in [0, 0.1) is 0 Å². The molecule has 0 amide bonds. The molecule has 6 nitrogen and oxygen atoms in total. The van der Waals surface area contributed by atoms with Crippen molar-refractivity contribution in [3.8, 4) is 11.5 Å². The van der Waals surface area contributed by atoms with Gasteiger partial charge in [0, 0.05) is 19.4 Å². The summed E-state index contributed by atoms with van der Waals surface area (Å²) in [7, 11) is 1.62. The Bertz CT molecular complexity index is 558. The highest BCUT2D eigenvalue weighted by atomic mass is 16.5. The van der Waals surface area contributed by atoms with Crippen LogP contribution >= 0.6 is 0 Å². The van der Waals surface area contributed by atoms with Crippen molar-refractivity contribution in [2.24, 2.45) is 5.84 Å². The SMILES string of the molecule is CCc1cccnc1-c1nc(COC)cc(NN)n1. The molecule has 0 aliphatic rings. The first-order chi connectivity index (χ1) is 9.28. The van der Waals surface area contributed by atoms with E-state index in [1.165, 1.54) is 0 Å². The first kappa shape index (κ1) is 13.4. The van der Waals surface area contributed by atoms with Gasteiger partial charge in [-0.2, -0.15) is 0 Å². The number of anilines is 1. The van der Waals surface area contributed by atoms with Crippen molar-refractivity contribution in [2.45, 2.75) is 20.0 Å². The molecule has 0 aromatic carbocycles. The fourth-order valence-corrected chi connectivity index (χ4v) is 1.82. The molecular weight excluding hydrogens is 242 g/mol. The molecule has 19 heavy (non-hydrogen) atoms. The van der Waals surface area contributed by atoms with Crippen molar-refractivity contribution in [3.05, 3.63) is 35.7 Å². The lowest BCUT2D eigenvalue weighted by molar-refractivity contribution is 0.181. The molecule has 6 heteroatoms.